The lowest BCUT2D eigenvalue weighted by molar-refractivity contribution is -0.155. The fourth-order valence-electron chi connectivity index (χ4n) is 2.90. The molecule has 6 nitrogen and oxygen atoms in total. The number of carbonyl (C=O) groups excluding carboxylic acids is 2. The van der Waals surface area contributed by atoms with E-state index in [1.807, 2.05) is 19.9 Å². The lowest BCUT2D eigenvalue weighted by Gasteiger charge is -2.33. The molecule has 26 heavy (non-hydrogen) atoms. The summed E-state index contributed by atoms with van der Waals surface area (Å²) in [5, 5.41) is 11.6. The van der Waals surface area contributed by atoms with Gasteiger partial charge in [-0.3, -0.25) is 4.79 Å². The number of carbonyl (C=O) groups is 2. The molecule has 1 rings (SSSR count). The Hall–Kier alpha value is -2.55. The second-order valence-corrected chi connectivity index (χ2v) is 8.17. The van der Waals surface area contributed by atoms with Crippen molar-refractivity contribution in [1.29, 1.82) is 5.26 Å². The van der Waals surface area contributed by atoms with Gasteiger partial charge in [0.2, 0.25) is 0 Å². The SMILES string of the molecule is C[C@H](Oc1ccc(C#N)cc1)C(=O)OCC(=O)NC(C)(C)CC(C)(C)C. The number of hydrogen-bond donors (Lipinski definition) is 1. The molecule has 6 heteroatoms. The first-order valence-electron chi connectivity index (χ1n) is 8.56. The minimum absolute atomic E-state index is 0.0664. The van der Waals surface area contributed by atoms with Crippen molar-refractivity contribution >= 4 is 11.9 Å². The topological polar surface area (TPSA) is 88.4 Å². The van der Waals surface area contributed by atoms with E-state index in [0.29, 0.717) is 11.3 Å². The van der Waals surface area contributed by atoms with Gasteiger partial charge in [0.25, 0.3) is 5.91 Å². The molecule has 0 unspecified atom stereocenters. The van der Waals surface area contributed by atoms with Crippen LogP contribution in [0.15, 0.2) is 24.3 Å². The molecule has 0 aliphatic rings. The summed E-state index contributed by atoms with van der Waals surface area (Å²) in [5.41, 5.74) is 0.172. The summed E-state index contributed by atoms with van der Waals surface area (Å²) in [5.74, 6) is -0.527. The normalized spacial score (nSPS) is 12.7. The van der Waals surface area contributed by atoms with E-state index in [9.17, 15) is 9.59 Å². The van der Waals surface area contributed by atoms with Crippen molar-refractivity contribution in [2.45, 2.75) is 59.6 Å². The van der Waals surface area contributed by atoms with Crippen LogP contribution in [0.2, 0.25) is 0 Å². The summed E-state index contributed by atoms with van der Waals surface area (Å²) >= 11 is 0. The summed E-state index contributed by atoms with van der Waals surface area (Å²) in [6.07, 6.45) is -0.0731. The molecule has 0 aromatic heterocycles. The van der Waals surface area contributed by atoms with Gasteiger partial charge in [-0.25, -0.2) is 4.79 Å². The van der Waals surface area contributed by atoms with Crippen molar-refractivity contribution in [2.75, 3.05) is 6.61 Å². The Kier molecular flexibility index (Phi) is 7.19. The van der Waals surface area contributed by atoms with Crippen LogP contribution >= 0.6 is 0 Å². The number of hydrogen-bond acceptors (Lipinski definition) is 5. The van der Waals surface area contributed by atoms with Crippen LogP contribution in [0.5, 0.6) is 5.75 Å². The van der Waals surface area contributed by atoms with Crippen molar-refractivity contribution in [3.8, 4) is 11.8 Å². The quantitative estimate of drug-likeness (QED) is 0.754. The summed E-state index contributed by atoms with van der Waals surface area (Å²) in [6, 6.07) is 8.40. The number of amides is 1. The average molecular weight is 360 g/mol. The molecule has 1 atom stereocenters. The molecule has 1 aromatic rings. The largest absolute Gasteiger partial charge is 0.479 e. The summed E-state index contributed by atoms with van der Waals surface area (Å²) in [7, 11) is 0. The van der Waals surface area contributed by atoms with E-state index in [-0.39, 0.29) is 17.9 Å². The number of nitrogens with one attached hydrogen (secondary N) is 1. The van der Waals surface area contributed by atoms with Crippen LogP contribution in [0.4, 0.5) is 0 Å². The fraction of sp³-hybridized carbons (Fsp3) is 0.550. The molecular formula is C20H28N2O4. The molecule has 1 aromatic carbocycles. The van der Waals surface area contributed by atoms with Crippen molar-refractivity contribution in [2.24, 2.45) is 5.41 Å². The first kappa shape index (κ1) is 21.5. The Balaban J connectivity index is 2.46. The van der Waals surface area contributed by atoms with Crippen molar-refractivity contribution in [1.82, 2.24) is 5.32 Å². The zero-order chi connectivity index (χ0) is 20.0. The standard InChI is InChI=1S/C20H28N2O4/c1-14(26-16-9-7-15(11-21)8-10-16)18(24)25-12-17(23)22-20(5,6)13-19(2,3)4/h7-10,14H,12-13H2,1-6H3,(H,22,23)/t14-/m0/s1. The van der Waals surface area contributed by atoms with Gasteiger partial charge in [-0.1, -0.05) is 20.8 Å². The zero-order valence-corrected chi connectivity index (χ0v) is 16.4. The van der Waals surface area contributed by atoms with E-state index in [0.717, 1.165) is 6.42 Å². The highest BCUT2D eigenvalue weighted by Gasteiger charge is 2.27. The monoisotopic (exact) mass is 360 g/mol. The van der Waals surface area contributed by atoms with Crippen LogP contribution in [-0.4, -0.2) is 30.1 Å². The minimum Gasteiger partial charge on any atom is -0.479 e. The molecule has 0 saturated heterocycles. The molecule has 1 amide bonds. The van der Waals surface area contributed by atoms with Gasteiger partial charge in [0.1, 0.15) is 5.75 Å². The highest BCUT2D eigenvalue weighted by molar-refractivity contribution is 5.82. The number of nitrogens with zero attached hydrogens (tertiary/aromatic N) is 1. The van der Waals surface area contributed by atoms with Gasteiger partial charge in [0, 0.05) is 5.54 Å². The van der Waals surface area contributed by atoms with E-state index < -0.39 is 17.6 Å². The third-order valence-electron chi connectivity index (χ3n) is 3.42. The first-order chi connectivity index (χ1) is 11.9. The number of benzene rings is 1. The number of esters is 1. The summed E-state index contributed by atoms with van der Waals surface area (Å²) < 4.78 is 10.5. The highest BCUT2D eigenvalue weighted by Crippen LogP contribution is 2.26. The van der Waals surface area contributed by atoms with E-state index in [1.54, 1.807) is 31.2 Å². The van der Waals surface area contributed by atoms with Gasteiger partial charge in [0.05, 0.1) is 11.6 Å². The highest BCUT2D eigenvalue weighted by atomic mass is 16.6. The molecule has 0 radical (unpaired) electrons. The van der Waals surface area contributed by atoms with Gasteiger partial charge < -0.3 is 14.8 Å². The van der Waals surface area contributed by atoms with Gasteiger partial charge in [-0.05, 0) is 56.9 Å². The number of ether oxygens (including phenoxy) is 2. The van der Waals surface area contributed by atoms with Crippen molar-refractivity contribution < 1.29 is 19.1 Å². The summed E-state index contributed by atoms with van der Waals surface area (Å²) in [6.45, 7) is 11.4. The fourth-order valence-corrected chi connectivity index (χ4v) is 2.90. The predicted molar refractivity (Wildman–Crippen MR) is 98.5 cm³/mol. The van der Waals surface area contributed by atoms with Gasteiger partial charge in [-0.2, -0.15) is 5.26 Å². The number of nitriles is 1. The average Bonchev–Trinajstić information content (AvgIpc) is 2.50. The van der Waals surface area contributed by atoms with Crippen molar-refractivity contribution in [3.05, 3.63) is 29.8 Å². The zero-order valence-electron chi connectivity index (χ0n) is 16.4. The Morgan fingerprint density at radius 3 is 2.23 bits per heavy atom. The Labute approximate surface area is 155 Å². The van der Waals surface area contributed by atoms with Gasteiger partial charge in [0.15, 0.2) is 12.7 Å². The van der Waals surface area contributed by atoms with E-state index in [2.05, 4.69) is 26.1 Å². The second-order valence-electron chi connectivity index (χ2n) is 8.17. The van der Waals surface area contributed by atoms with Crippen LogP contribution < -0.4 is 10.1 Å². The van der Waals surface area contributed by atoms with Gasteiger partial charge in [-0.15, -0.1) is 0 Å². The van der Waals surface area contributed by atoms with E-state index in [1.165, 1.54) is 0 Å². The molecule has 0 fully saturated rings. The second kappa shape index (κ2) is 8.70. The molecule has 142 valence electrons. The Morgan fingerprint density at radius 2 is 1.73 bits per heavy atom. The van der Waals surface area contributed by atoms with Crippen LogP contribution in [0, 0.1) is 16.7 Å². The van der Waals surface area contributed by atoms with Crippen LogP contribution in [0.3, 0.4) is 0 Å². The molecule has 0 heterocycles. The first-order valence-corrected chi connectivity index (χ1v) is 8.56. The molecule has 0 spiro atoms. The molecule has 0 aliphatic carbocycles. The molecule has 0 bridgehead atoms. The maximum Gasteiger partial charge on any atom is 0.347 e. The molecule has 0 aliphatic heterocycles. The van der Waals surface area contributed by atoms with Crippen molar-refractivity contribution in [3.63, 3.8) is 0 Å². The van der Waals surface area contributed by atoms with Crippen LogP contribution in [0.25, 0.3) is 0 Å². The lowest BCUT2D eigenvalue weighted by Crippen LogP contribution is -2.47. The predicted octanol–water partition coefficient (Wildman–Crippen LogP) is 3.20. The van der Waals surface area contributed by atoms with E-state index >= 15 is 0 Å². The van der Waals surface area contributed by atoms with Crippen LogP contribution in [-0.2, 0) is 14.3 Å². The van der Waals surface area contributed by atoms with Crippen LogP contribution in [0.1, 0.15) is 53.5 Å². The third kappa shape index (κ3) is 8.02. The molecular weight excluding hydrogens is 332 g/mol. The summed E-state index contributed by atoms with van der Waals surface area (Å²) in [4.78, 5) is 24.0. The Bertz CT molecular complexity index is 667. The molecule has 1 N–H and O–H groups in total. The number of rotatable bonds is 7. The Morgan fingerprint density at radius 1 is 1.15 bits per heavy atom. The van der Waals surface area contributed by atoms with Gasteiger partial charge >= 0.3 is 5.97 Å². The smallest absolute Gasteiger partial charge is 0.347 e. The maximum absolute atomic E-state index is 12.0. The molecule has 0 saturated carbocycles. The minimum atomic E-state index is -0.863. The van der Waals surface area contributed by atoms with E-state index in [4.69, 9.17) is 14.7 Å². The third-order valence-corrected chi connectivity index (χ3v) is 3.42. The maximum atomic E-state index is 12.0. The lowest BCUT2D eigenvalue weighted by atomic mass is 9.82.